The summed E-state index contributed by atoms with van der Waals surface area (Å²) in [5, 5.41) is 3.01. The summed E-state index contributed by atoms with van der Waals surface area (Å²) in [5.74, 6) is 0.960. The predicted octanol–water partition coefficient (Wildman–Crippen LogP) is 5.15. The number of benzene rings is 3. The van der Waals surface area contributed by atoms with Gasteiger partial charge in [-0.05, 0) is 49.6 Å². The number of para-hydroxylation sites is 2. The smallest absolute Gasteiger partial charge is 0.251 e. The molecule has 3 aromatic carbocycles. The Morgan fingerprint density at radius 2 is 1.69 bits per heavy atom. The molecule has 0 bridgehead atoms. The van der Waals surface area contributed by atoms with Crippen molar-refractivity contribution in [1.82, 2.24) is 19.8 Å². The third-order valence-corrected chi connectivity index (χ3v) is 6.36. The van der Waals surface area contributed by atoms with E-state index in [1.165, 1.54) is 0 Å². The van der Waals surface area contributed by atoms with E-state index in [-0.39, 0.29) is 18.4 Å². The molecular weight excluding hydrogens is 448 g/mol. The molecule has 0 saturated heterocycles. The summed E-state index contributed by atoms with van der Waals surface area (Å²) in [6, 6.07) is 25.6. The highest BCUT2D eigenvalue weighted by Crippen LogP contribution is 2.18. The van der Waals surface area contributed by atoms with Gasteiger partial charge in [0.25, 0.3) is 5.91 Å². The number of carbonyl (C=O) groups excluding carboxylic acids is 2. The fourth-order valence-electron chi connectivity index (χ4n) is 4.37. The van der Waals surface area contributed by atoms with Gasteiger partial charge in [-0.15, -0.1) is 0 Å². The molecule has 6 heteroatoms. The van der Waals surface area contributed by atoms with Gasteiger partial charge in [0.1, 0.15) is 12.4 Å². The van der Waals surface area contributed by atoms with E-state index in [1.54, 1.807) is 4.90 Å². The van der Waals surface area contributed by atoms with Gasteiger partial charge in [0.05, 0.1) is 11.0 Å². The molecule has 0 unspecified atom stereocenters. The maximum absolute atomic E-state index is 13.1. The number of hydrogen-bond donors (Lipinski definition) is 1. The third-order valence-electron chi connectivity index (χ3n) is 6.36. The molecule has 0 atom stereocenters. The van der Waals surface area contributed by atoms with E-state index in [0.717, 1.165) is 53.7 Å². The Morgan fingerprint density at radius 1 is 0.917 bits per heavy atom. The van der Waals surface area contributed by atoms with Crippen molar-refractivity contribution in [3.63, 3.8) is 0 Å². The van der Waals surface area contributed by atoms with Gasteiger partial charge < -0.3 is 14.8 Å². The van der Waals surface area contributed by atoms with Crippen molar-refractivity contribution < 1.29 is 9.59 Å². The van der Waals surface area contributed by atoms with Gasteiger partial charge >= 0.3 is 0 Å². The van der Waals surface area contributed by atoms with E-state index >= 15 is 0 Å². The number of unbranched alkanes of at least 4 members (excludes halogenated alkanes) is 2. The highest BCUT2D eigenvalue weighted by molar-refractivity contribution is 5.94. The fraction of sp³-hybridized carbons (Fsp3) is 0.300. The van der Waals surface area contributed by atoms with Gasteiger partial charge in [-0.3, -0.25) is 9.59 Å². The zero-order chi connectivity index (χ0) is 25.3. The molecule has 186 valence electrons. The van der Waals surface area contributed by atoms with Crippen molar-refractivity contribution in [1.29, 1.82) is 0 Å². The molecule has 1 aromatic heterocycles. The second kappa shape index (κ2) is 12.2. The standard InChI is InChI=1S/C30H34N4O2/c1-23-12-11-15-25(20-23)30(36)31-19-10-4-7-18-28-32-26-16-8-9-17-27(26)34(28)22-29(35)33(2)21-24-13-5-3-6-14-24/h3,5-6,8-9,11-17,20H,4,7,10,18-19,21-22H2,1-2H3,(H,31,36). The number of imidazole rings is 1. The lowest BCUT2D eigenvalue weighted by molar-refractivity contribution is -0.131. The first kappa shape index (κ1) is 25.2. The molecule has 0 saturated carbocycles. The molecule has 0 aliphatic carbocycles. The number of nitrogens with zero attached hydrogens (tertiary/aromatic N) is 3. The van der Waals surface area contributed by atoms with Crippen LogP contribution in [0.2, 0.25) is 0 Å². The normalized spacial score (nSPS) is 10.9. The van der Waals surface area contributed by atoms with Crippen LogP contribution in [-0.2, 0) is 24.3 Å². The lowest BCUT2D eigenvalue weighted by Gasteiger charge is -2.19. The Kier molecular flexibility index (Phi) is 8.50. The second-order valence-corrected chi connectivity index (χ2v) is 9.27. The zero-order valence-corrected chi connectivity index (χ0v) is 21.1. The van der Waals surface area contributed by atoms with Gasteiger partial charge in [0, 0.05) is 32.1 Å². The van der Waals surface area contributed by atoms with E-state index < -0.39 is 0 Å². The number of rotatable bonds is 11. The van der Waals surface area contributed by atoms with Crippen molar-refractivity contribution in [3.05, 3.63) is 101 Å². The summed E-state index contributed by atoms with van der Waals surface area (Å²) in [6.45, 7) is 3.48. The molecule has 6 nitrogen and oxygen atoms in total. The van der Waals surface area contributed by atoms with Crippen LogP contribution in [0.5, 0.6) is 0 Å². The van der Waals surface area contributed by atoms with Gasteiger partial charge in [-0.25, -0.2) is 4.98 Å². The average molecular weight is 483 g/mol. The average Bonchev–Trinajstić information content (AvgIpc) is 3.23. The lowest BCUT2D eigenvalue weighted by atomic mass is 10.1. The van der Waals surface area contributed by atoms with Crippen molar-refractivity contribution in [2.45, 2.75) is 45.7 Å². The van der Waals surface area contributed by atoms with Crippen molar-refractivity contribution in [3.8, 4) is 0 Å². The third kappa shape index (κ3) is 6.60. The highest BCUT2D eigenvalue weighted by Gasteiger charge is 2.16. The number of amides is 2. The molecule has 4 rings (SSSR count). The molecule has 0 radical (unpaired) electrons. The number of aryl methyl sites for hydroxylation is 2. The summed E-state index contributed by atoms with van der Waals surface area (Å²) < 4.78 is 2.05. The Balaban J connectivity index is 1.31. The quantitative estimate of drug-likeness (QED) is 0.301. The van der Waals surface area contributed by atoms with E-state index in [1.807, 2.05) is 92.8 Å². The van der Waals surface area contributed by atoms with Crippen LogP contribution in [0.1, 0.15) is 46.6 Å². The fourth-order valence-corrected chi connectivity index (χ4v) is 4.37. The Bertz CT molecular complexity index is 1310. The molecule has 0 fully saturated rings. The molecular formula is C30H34N4O2. The Morgan fingerprint density at radius 3 is 2.50 bits per heavy atom. The first-order valence-corrected chi connectivity index (χ1v) is 12.6. The minimum absolute atomic E-state index is 0.0290. The maximum Gasteiger partial charge on any atom is 0.251 e. The topological polar surface area (TPSA) is 67.2 Å². The summed E-state index contributed by atoms with van der Waals surface area (Å²) >= 11 is 0. The first-order chi connectivity index (χ1) is 17.5. The number of fused-ring (bicyclic) bond motifs is 1. The van der Waals surface area contributed by atoms with Crippen LogP contribution in [-0.4, -0.2) is 39.9 Å². The minimum Gasteiger partial charge on any atom is -0.352 e. The van der Waals surface area contributed by atoms with Crippen LogP contribution in [0, 0.1) is 6.92 Å². The Hall–Kier alpha value is -3.93. The molecule has 4 aromatic rings. The van der Waals surface area contributed by atoms with Crippen LogP contribution in [0.15, 0.2) is 78.9 Å². The van der Waals surface area contributed by atoms with Crippen LogP contribution < -0.4 is 5.32 Å². The first-order valence-electron chi connectivity index (χ1n) is 12.6. The number of likely N-dealkylation sites (N-methyl/N-ethyl adjacent to an activating group) is 1. The second-order valence-electron chi connectivity index (χ2n) is 9.27. The monoisotopic (exact) mass is 482 g/mol. The molecule has 0 aliphatic heterocycles. The molecule has 2 amide bonds. The number of carbonyl (C=O) groups is 2. The van der Waals surface area contributed by atoms with Gasteiger partial charge in [-0.2, -0.15) is 0 Å². The van der Waals surface area contributed by atoms with Crippen LogP contribution in [0.25, 0.3) is 11.0 Å². The number of aromatic nitrogens is 2. The number of hydrogen-bond acceptors (Lipinski definition) is 3. The molecule has 1 heterocycles. The zero-order valence-electron chi connectivity index (χ0n) is 21.1. The SMILES string of the molecule is Cc1cccc(C(=O)NCCCCCc2nc3ccccc3n2CC(=O)N(C)Cc2ccccc2)c1. The van der Waals surface area contributed by atoms with Gasteiger partial charge in [-0.1, -0.05) is 66.6 Å². The lowest BCUT2D eigenvalue weighted by Crippen LogP contribution is -2.30. The van der Waals surface area contributed by atoms with E-state index in [2.05, 4.69) is 9.88 Å². The summed E-state index contributed by atoms with van der Waals surface area (Å²) in [7, 11) is 1.85. The maximum atomic E-state index is 13.1. The summed E-state index contributed by atoms with van der Waals surface area (Å²) in [5.41, 5.74) is 4.79. The molecule has 1 N–H and O–H groups in total. The van der Waals surface area contributed by atoms with Crippen LogP contribution in [0.4, 0.5) is 0 Å². The van der Waals surface area contributed by atoms with Crippen molar-refractivity contribution in [2.24, 2.45) is 0 Å². The van der Waals surface area contributed by atoms with E-state index in [4.69, 9.17) is 4.98 Å². The summed E-state index contributed by atoms with van der Waals surface area (Å²) in [4.78, 5) is 32.0. The van der Waals surface area contributed by atoms with Crippen LogP contribution >= 0.6 is 0 Å². The molecule has 0 aliphatic rings. The minimum atomic E-state index is -0.0290. The Labute approximate surface area is 213 Å². The molecule has 0 spiro atoms. The van der Waals surface area contributed by atoms with Gasteiger partial charge in [0.2, 0.25) is 5.91 Å². The van der Waals surface area contributed by atoms with Crippen molar-refractivity contribution in [2.75, 3.05) is 13.6 Å². The summed E-state index contributed by atoms with van der Waals surface area (Å²) in [6.07, 6.45) is 3.60. The number of nitrogens with one attached hydrogen (secondary N) is 1. The molecule has 36 heavy (non-hydrogen) atoms. The van der Waals surface area contributed by atoms with E-state index in [0.29, 0.717) is 18.7 Å². The van der Waals surface area contributed by atoms with Crippen LogP contribution in [0.3, 0.4) is 0 Å². The van der Waals surface area contributed by atoms with Crippen molar-refractivity contribution >= 4 is 22.8 Å². The highest BCUT2D eigenvalue weighted by atomic mass is 16.2. The largest absolute Gasteiger partial charge is 0.352 e. The predicted molar refractivity (Wildman–Crippen MR) is 144 cm³/mol. The van der Waals surface area contributed by atoms with Gasteiger partial charge in [0.15, 0.2) is 0 Å². The van der Waals surface area contributed by atoms with E-state index in [9.17, 15) is 9.59 Å².